The fourth-order valence-corrected chi connectivity index (χ4v) is 1.04. The van der Waals surface area contributed by atoms with Gasteiger partial charge in [0, 0.05) is 18.2 Å². The molecule has 0 atom stereocenters. The van der Waals surface area contributed by atoms with E-state index >= 15 is 0 Å². The molecule has 0 aliphatic carbocycles. The number of amides is 1. The fourth-order valence-electron chi connectivity index (χ4n) is 1.04. The van der Waals surface area contributed by atoms with Crippen molar-refractivity contribution in [1.82, 2.24) is 0 Å². The van der Waals surface area contributed by atoms with Crippen LogP contribution in [0.1, 0.15) is 6.42 Å². The van der Waals surface area contributed by atoms with Crippen molar-refractivity contribution >= 4 is 23.5 Å². The Morgan fingerprint density at radius 1 is 1.58 bits per heavy atom. The Hall–Kier alpha value is -1.78. The van der Waals surface area contributed by atoms with Gasteiger partial charge in [0.05, 0.1) is 11.9 Å². The van der Waals surface area contributed by atoms with E-state index in [1.807, 2.05) is 0 Å². The Bertz CT molecular complexity index is 362. The molecule has 0 saturated carbocycles. The number of nitrogens with zero attached hydrogens (tertiary/aromatic N) is 3. The number of hydrogen-bond acceptors (Lipinski definition) is 4. The molecule has 2 aliphatic rings. The van der Waals surface area contributed by atoms with Gasteiger partial charge in [-0.25, -0.2) is 0 Å². The lowest BCUT2D eigenvalue weighted by Crippen LogP contribution is -2.27. The molecular formula is C7H6N4O. The highest BCUT2D eigenvalue weighted by atomic mass is 16.1. The zero-order valence-electron chi connectivity index (χ0n) is 6.19. The fraction of sp³-hybridized carbons (Fsp3) is 0.143. The number of carbonyl (C=O) groups is 1. The van der Waals surface area contributed by atoms with E-state index in [2.05, 4.69) is 15.2 Å². The summed E-state index contributed by atoms with van der Waals surface area (Å²) in [7, 11) is 0. The summed E-state index contributed by atoms with van der Waals surface area (Å²) in [6.07, 6.45) is 3.55. The summed E-state index contributed by atoms with van der Waals surface area (Å²) in [5.41, 5.74) is 7.02. The molecule has 2 rings (SSSR count). The van der Waals surface area contributed by atoms with Crippen molar-refractivity contribution in [1.29, 1.82) is 0 Å². The number of fused-ring (bicyclic) bond motifs is 1. The third-order valence-corrected chi connectivity index (χ3v) is 1.69. The van der Waals surface area contributed by atoms with Crippen LogP contribution < -0.4 is 5.73 Å². The molecule has 2 aliphatic heterocycles. The molecule has 12 heavy (non-hydrogen) atoms. The first kappa shape index (κ1) is 6.90. The lowest BCUT2D eigenvalue weighted by molar-refractivity contribution is -0.112. The zero-order chi connectivity index (χ0) is 8.55. The number of carbonyl (C=O) groups excluding carboxylic acids is 1. The highest BCUT2D eigenvalue weighted by molar-refractivity contribution is 6.45. The Labute approximate surface area is 68.4 Å². The second-order valence-electron chi connectivity index (χ2n) is 2.49. The maximum absolute atomic E-state index is 10.7. The monoisotopic (exact) mass is 162 g/mol. The van der Waals surface area contributed by atoms with E-state index in [0.717, 1.165) is 11.3 Å². The van der Waals surface area contributed by atoms with Gasteiger partial charge in [0.15, 0.2) is 0 Å². The Balaban J connectivity index is 2.33. The molecule has 0 saturated heterocycles. The van der Waals surface area contributed by atoms with E-state index in [1.165, 1.54) is 0 Å². The summed E-state index contributed by atoms with van der Waals surface area (Å²) in [5, 5.41) is 7.51. The normalized spacial score (nSPS) is 19.5. The molecule has 0 aromatic heterocycles. The van der Waals surface area contributed by atoms with Gasteiger partial charge in [-0.2, -0.15) is 10.2 Å². The summed E-state index contributed by atoms with van der Waals surface area (Å²) >= 11 is 0. The SMILES string of the molecule is NC(=O)C1=NC=C2C=NN=C2C1. The third-order valence-electron chi connectivity index (χ3n) is 1.69. The van der Waals surface area contributed by atoms with Crippen molar-refractivity contribution in [3.63, 3.8) is 0 Å². The number of allylic oxidation sites excluding steroid dienone is 1. The summed E-state index contributed by atoms with van der Waals surface area (Å²) < 4.78 is 0. The van der Waals surface area contributed by atoms with Crippen molar-refractivity contribution in [2.24, 2.45) is 20.9 Å². The molecule has 1 amide bonds. The summed E-state index contributed by atoms with van der Waals surface area (Å²) in [6, 6.07) is 0. The van der Waals surface area contributed by atoms with E-state index in [-0.39, 0.29) is 0 Å². The average Bonchev–Trinajstić information content (AvgIpc) is 2.49. The Morgan fingerprint density at radius 2 is 2.42 bits per heavy atom. The van der Waals surface area contributed by atoms with Gasteiger partial charge in [0.1, 0.15) is 5.71 Å². The van der Waals surface area contributed by atoms with Crippen LogP contribution in [0.25, 0.3) is 0 Å². The number of hydrogen-bond donors (Lipinski definition) is 1. The number of nitrogens with two attached hydrogens (primary N) is 1. The van der Waals surface area contributed by atoms with Gasteiger partial charge in [0.25, 0.3) is 5.91 Å². The Kier molecular flexibility index (Phi) is 1.36. The maximum Gasteiger partial charge on any atom is 0.263 e. The van der Waals surface area contributed by atoms with Crippen LogP contribution in [-0.2, 0) is 4.79 Å². The van der Waals surface area contributed by atoms with Gasteiger partial charge in [-0.05, 0) is 0 Å². The number of primary amides is 1. The molecule has 0 aromatic rings. The molecule has 0 radical (unpaired) electrons. The lowest BCUT2D eigenvalue weighted by atomic mass is 10.0. The molecule has 0 unspecified atom stereocenters. The molecule has 2 N–H and O–H groups in total. The van der Waals surface area contributed by atoms with E-state index in [1.54, 1.807) is 12.4 Å². The number of aliphatic imine (C=N–C) groups is 1. The van der Waals surface area contributed by atoms with Gasteiger partial charge in [-0.3, -0.25) is 9.79 Å². The van der Waals surface area contributed by atoms with Crippen LogP contribution in [-0.4, -0.2) is 23.5 Å². The van der Waals surface area contributed by atoms with E-state index in [9.17, 15) is 4.79 Å². The van der Waals surface area contributed by atoms with Crippen molar-refractivity contribution in [3.05, 3.63) is 11.8 Å². The predicted molar refractivity (Wildman–Crippen MR) is 45.3 cm³/mol. The number of rotatable bonds is 1. The molecule has 0 spiro atoms. The van der Waals surface area contributed by atoms with Crippen LogP contribution in [0.3, 0.4) is 0 Å². The van der Waals surface area contributed by atoms with Crippen LogP contribution >= 0.6 is 0 Å². The molecule has 5 nitrogen and oxygen atoms in total. The molecule has 60 valence electrons. The quantitative estimate of drug-likeness (QED) is 0.561. The smallest absolute Gasteiger partial charge is 0.263 e. The second kappa shape index (κ2) is 2.37. The first-order valence-electron chi connectivity index (χ1n) is 3.44. The van der Waals surface area contributed by atoms with E-state index < -0.39 is 5.91 Å². The minimum Gasteiger partial charge on any atom is -0.365 e. The van der Waals surface area contributed by atoms with Crippen LogP contribution in [0.5, 0.6) is 0 Å². The van der Waals surface area contributed by atoms with Crippen LogP contribution in [0.15, 0.2) is 27.0 Å². The molecule has 0 fully saturated rings. The lowest BCUT2D eigenvalue weighted by Gasteiger charge is -2.06. The van der Waals surface area contributed by atoms with Crippen molar-refractivity contribution < 1.29 is 4.79 Å². The topological polar surface area (TPSA) is 80.2 Å². The second-order valence-corrected chi connectivity index (χ2v) is 2.49. The average molecular weight is 162 g/mol. The largest absolute Gasteiger partial charge is 0.365 e. The van der Waals surface area contributed by atoms with Gasteiger partial charge in [0.2, 0.25) is 0 Å². The van der Waals surface area contributed by atoms with Crippen LogP contribution in [0.2, 0.25) is 0 Å². The minimum atomic E-state index is -0.500. The predicted octanol–water partition coefficient (Wildman–Crippen LogP) is -0.359. The van der Waals surface area contributed by atoms with Crippen molar-refractivity contribution in [3.8, 4) is 0 Å². The maximum atomic E-state index is 10.7. The highest BCUT2D eigenvalue weighted by Crippen LogP contribution is 2.13. The van der Waals surface area contributed by atoms with E-state index in [4.69, 9.17) is 5.73 Å². The third kappa shape index (κ3) is 0.952. The van der Waals surface area contributed by atoms with Gasteiger partial charge >= 0.3 is 0 Å². The van der Waals surface area contributed by atoms with Crippen molar-refractivity contribution in [2.75, 3.05) is 0 Å². The molecule has 0 bridgehead atoms. The van der Waals surface area contributed by atoms with Crippen LogP contribution in [0, 0.1) is 0 Å². The molecule has 0 aromatic carbocycles. The first-order chi connectivity index (χ1) is 5.77. The van der Waals surface area contributed by atoms with Crippen molar-refractivity contribution in [2.45, 2.75) is 6.42 Å². The molecular weight excluding hydrogens is 156 g/mol. The molecule has 5 heteroatoms. The van der Waals surface area contributed by atoms with Gasteiger partial charge in [-0.15, -0.1) is 0 Å². The van der Waals surface area contributed by atoms with Gasteiger partial charge in [-0.1, -0.05) is 0 Å². The Morgan fingerprint density at radius 3 is 3.17 bits per heavy atom. The highest BCUT2D eigenvalue weighted by Gasteiger charge is 2.19. The minimum absolute atomic E-state index is 0.336. The van der Waals surface area contributed by atoms with Crippen LogP contribution in [0.4, 0.5) is 0 Å². The van der Waals surface area contributed by atoms with E-state index in [0.29, 0.717) is 12.1 Å². The summed E-state index contributed by atoms with van der Waals surface area (Å²) in [4.78, 5) is 14.6. The molecule has 2 heterocycles. The van der Waals surface area contributed by atoms with Gasteiger partial charge < -0.3 is 5.73 Å². The first-order valence-corrected chi connectivity index (χ1v) is 3.44. The summed E-state index contributed by atoms with van der Waals surface area (Å²) in [5.74, 6) is -0.500. The summed E-state index contributed by atoms with van der Waals surface area (Å²) in [6.45, 7) is 0. The zero-order valence-corrected chi connectivity index (χ0v) is 6.19. The standard InChI is InChI=1S/C7H6N4O/c8-7(12)6-1-5-4(2-9-6)3-10-11-5/h2-3H,1H2,(H2,8,12).